The van der Waals surface area contributed by atoms with Crippen LogP contribution in [0.4, 0.5) is 5.82 Å². The molecule has 0 aliphatic carbocycles. The fraction of sp³-hybridized carbons (Fsp3) is 0.111. The summed E-state index contributed by atoms with van der Waals surface area (Å²) in [6.45, 7) is 0.251. The molecule has 0 radical (unpaired) electrons. The van der Waals surface area contributed by atoms with Gasteiger partial charge in [0.1, 0.15) is 22.5 Å². The monoisotopic (exact) mass is 442 g/mol. The second kappa shape index (κ2) is 6.95. The van der Waals surface area contributed by atoms with Crippen molar-refractivity contribution >= 4 is 50.6 Å². The molecule has 140 valence electrons. The van der Waals surface area contributed by atoms with Gasteiger partial charge in [0.2, 0.25) is 10.0 Å². The Morgan fingerprint density at radius 3 is 2.15 bits per heavy atom. The summed E-state index contributed by atoms with van der Waals surface area (Å²) in [6.07, 6.45) is 0. The normalized spacial score (nSPS) is 15.1. The lowest BCUT2D eigenvalue weighted by Gasteiger charge is -2.19. The van der Waals surface area contributed by atoms with Crippen LogP contribution in [0.25, 0.3) is 11.1 Å². The number of halogens is 3. The van der Waals surface area contributed by atoms with E-state index < -0.39 is 10.0 Å². The van der Waals surface area contributed by atoms with Gasteiger partial charge in [-0.05, 0) is 42.0 Å². The molecule has 0 saturated carbocycles. The van der Waals surface area contributed by atoms with Crippen LogP contribution in [0.15, 0.2) is 48.5 Å². The average molecular weight is 444 g/mol. The second-order valence-electron chi connectivity index (χ2n) is 5.98. The highest BCUT2D eigenvalue weighted by molar-refractivity contribution is 7.92. The molecule has 27 heavy (non-hydrogen) atoms. The molecule has 5 nitrogen and oxygen atoms in total. The van der Waals surface area contributed by atoms with Gasteiger partial charge in [-0.3, -0.25) is 4.72 Å². The Morgan fingerprint density at radius 2 is 1.52 bits per heavy atom. The number of fused-ring (bicyclic) bond motifs is 1. The molecule has 1 aliphatic heterocycles. The van der Waals surface area contributed by atoms with E-state index in [1.807, 2.05) is 0 Å². The van der Waals surface area contributed by atoms with Crippen molar-refractivity contribution in [3.8, 4) is 22.6 Å². The number of ether oxygens (including phenoxy) is 1. The minimum Gasteiger partial charge on any atom is -0.457 e. The molecule has 0 unspecified atom stereocenters. The van der Waals surface area contributed by atoms with Gasteiger partial charge < -0.3 is 9.30 Å². The number of nitrogens with one attached hydrogen (secondary N) is 1. The van der Waals surface area contributed by atoms with Crippen molar-refractivity contribution in [3.05, 3.63) is 63.7 Å². The molecule has 0 fully saturated rings. The lowest BCUT2D eigenvalue weighted by atomic mass is 10.1. The molecule has 0 spiro atoms. The van der Waals surface area contributed by atoms with E-state index in [9.17, 15) is 8.42 Å². The van der Waals surface area contributed by atoms with Crippen molar-refractivity contribution in [2.45, 2.75) is 6.54 Å². The van der Waals surface area contributed by atoms with Crippen LogP contribution in [0.3, 0.4) is 0 Å². The molecule has 9 heteroatoms. The first-order chi connectivity index (χ1) is 12.8. The summed E-state index contributed by atoms with van der Waals surface area (Å²) < 4.78 is 33.9. The smallest absolute Gasteiger partial charge is 0.235 e. The molecule has 0 bridgehead atoms. The van der Waals surface area contributed by atoms with Crippen LogP contribution in [-0.2, 0) is 16.6 Å². The Morgan fingerprint density at radius 1 is 0.926 bits per heavy atom. The standard InChI is InChI=1S/C18H13Cl3N2O3S/c19-12-3-7-14(8-4-12)26-13-5-1-11(2-6-13)15-16(20)17(21)23-9-10-27(24,25)22-18(15)23/h1-8,22H,9-10H2. The number of anilines is 1. The maximum atomic E-state index is 12.0. The van der Waals surface area contributed by atoms with E-state index in [-0.39, 0.29) is 12.3 Å². The first-order valence-corrected chi connectivity index (χ1v) is 10.7. The Labute approximate surface area is 171 Å². The van der Waals surface area contributed by atoms with E-state index in [0.717, 1.165) is 5.56 Å². The molecule has 0 saturated heterocycles. The first-order valence-electron chi connectivity index (χ1n) is 7.96. The van der Waals surface area contributed by atoms with E-state index in [1.54, 1.807) is 53.1 Å². The Balaban J connectivity index is 1.68. The van der Waals surface area contributed by atoms with Crippen LogP contribution in [0.2, 0.25) is 15.2 Å². The van der Waals surface area contributed by atoms with Crippen LogP contribution >= 0.6 is 34.8 Å². The maximum Gasteiger partial charge on any atom is 0.235 e. The summed E-state index contributed by atoms with van der Waals surface area (Å²) in [6, 6.07) is 14.2. The zero-order chi connectivity index (χ0) is 19.2. The molecule has 2 aromatic carbocycles. The summed E-state index contributed by atoms with van der Waals surface area (Å²) in [4.78, 5) is 0. The molecule has 2 heterocycles. The molecule has 1 aliphatic rings. The van der Waals surface area contributed by atoms with Gasteiger partial charge in [0.05, 0.1) is 10.8 Å². The van der Waals surface area contributed by atoms with Crippen LogP contribution in [0.5, 0.6) is 11.5 Å². The van der Waals surface area contributed by atoms with Gasteiger partial charge in [0.25, 0.3) is 0 Å². The minimum absolute atomic E-state index is 0.0436. The van der Waals surface area contributed by atoms with Gasteiger partial charge in [0, 0.05) is 17.1 Å². The maximum absolute atomic E-state index is 12.0. The number of benzene rings is 2. The number of nitrogens with zero attached hydrogens (tertiary/aromatic N) is 1. The van der Waals surface area contributed by atoms with Gasteiger partial charge >= 0.3 is 0 Å². The van der Waals surface area contributed by atoms with E-state index in [0.29, 0.717) is 38.1 Å². The molecule has 1 N–H and O–H groups in total. The van der Waals surface area contributed by atoms with Crippen molar-refractivity contribution < 1.29 is 13.2 Å². The highest BCUT2D eigenvalue weighted by Crippen LogP contribution is 2.44. The SMILES string of the molecule is O=S1(=O)CCn2c(Cl)c(Cl)c(-c3ccc(Oc4ccc(Cl)cc4)cc3)c2N1. The summed E-state index contributed by atoms with van der Waals surface area (Å²) in [5, 5.41) is 1.25. The largest absolute Gasteiger partial charge is 0.457 e. The third-order valence-corrected chi connectivity index (χ3v) is 6.51. The van der Waals surface area contributed by atoms with Gasteiger partial charge in [-0.1, -0.05) is 46.9 Å². The van der Waals surface area contributed by atoms with Crippen LogP contribution in [0.1, 0.15) is 0 Å². The predicted molar refractivity (Wildman–Crippen MR) is 109 cm³/mol. The van der Waals surface area contributed by atoms with Gasteiger partial charge in [-0.25, -0.2) is 8.42 Å². The topological polar surface area (TPSA) is 60.3 Å². The number of aromatic nitrogens is 1. The molecule has 4 rings (SSSR count). The molecular weight excluding hydrogens is 431 g/mol. The van der Waals surface area contributed by atoms with E-state index in [4.69, 9.17) is 39.5 Å². The summed E-state index contributed by atoms with van der Waals surface area (Å²) in [5.41, 5.74) is 1.27. The Hall–Kier alpha value is -1.86. The average Bonchev–Trinajstić information content (AvgIpc) is 2.87. The van der Waals surface area contributed by atoms with Crippen molar-refractivity contribution in [1.29, 1.82) is 0 Å². The number of sulfonamides is 1. The fourth-order valence-corrected chi connectivity index (χ4v) is 4.60. The van der Waals surface area contributed by atoms with Gasteiger partial charge in [0.15, 0.2) is 0 Å². The van der Waals surface area contributed by atoms with Crippen LogP contribution in [0, 0.1) is 0 Å². The zero-order valence-electron chi connectivity index (χ0n) is 13.7. The number of rotatable bonds is 3. The first kappa shape index (κ1) is 18.5. The van der Waals surface area contributed by atoms with Gasteiger partial charge in [-0.15, -0.1) is 0 Å². The Kier molecular flexibility index (Phi) is 4.76. The second-order valence-corrected chi connectivity index (χ2v) is 9.00. The lowest BCUT2D eigenvalue weighted by molar-refractivity contribution is 0.483. The fourth-order valence-electron chi connectivity index (χ4n) is 2.88. The molecular formula is C18H13Cl3N2O3S. The predicted octanol–water partition coefficient (Wildman–Crippen LogP) is 5.66. The summed E-state index contributed by atoms with van der Waals surface area (Å²) in [5.74, 6) is 1.61. The summed E-state index contributed by atoms with van der Waals surface area (Å²) >= 11 is 18.5. The van der Waals surface area contributed by atoms with Crippen molar-refractivity contribution in [1.82, 2.24) is 4.57 Å². The third-order valence-electron chi connectivity index (χ3n) is 4.17. The van der Waals surface area contributed by atoms with Crippen LogP contribution < -0.4 is 9.46 Å². The zero-order valence-corrected chi connectivity index (χ0v) is 16.8. The van der Waals surface area contributed by atoms with E-state index >= 15 is 0 Å². The van der Waals surface area contributed by atoms with Crippen molar-refractivity contribution in [2.75, 3.05) is 10.5 Å². The van der Waals surface area contributed by atoms with E-state index in [1.165, 1.54) is 0 Å². The van der Waals surface area contributed by atoms with Crippen molar-refractivity contribution in [3.63, 3.8) is 0 Å². The van der Waals surface area contributed by atoms with Crippen LogP contribution in [-0.4, -0.2) is 18.7 Å². The number of hydrogen-bond donors (Lipinski definition) is 1. The number of hydrogen-bond acceptors (Lipinski definition) is 3. The molecule has 0 atom stereocenters. The van der Waals surface area contributed by atoms with Crippen molar-refractivity contribution in [2.24, 2.45) is 0 Å². The molecule has 1 aromatic heterocycles. The lowest BCUT2D eigenvalue weighted by Crippen LogP contribution is -2.27. The minimum atomic E-state index is -3.41. The summed E-state index contributed by atoms with van der Waals surface area (Å²) in [7, 11) is -3.41. The molecule has 3 aromatic rings. The van der Waals surface area contributed by atoms with Gasteiger partial charge in [-0.2, -0.15) is 0 Å². The Bertz CT molecular complexity index is 1110. The quantitative estimate of drug-likeness (QED) is 0.568. The molecule has 0 amide bonds. The highest BCUT2D eigenvalue weighted by Gasteiger charge is 2.29. The highest BCUT2D eigenvalue weighted by atomic mass is 35.5. The van der Waals surface area contributed by atoms with E-state index in [2.05, 4.69) is 4.72 Å². The third kappa shape index (κ3) is 3.62.